The fraction of sp³-hybridized carbons (Fsp3) is 0.615. The van der Waals surface area contributed by atoms with Gasteiger partial charge in [0.2, 0.25) is 0 Å². The van der Waals surface area contributed by atoms with Gasteiger partial charge in [-0.2, -0.15) is 0 Å². The van der Waals surface area contributed by atoms with Crippen LogP contribution in [0.5, 0.6) is 5.75 Å². The average molecular weight is 1060 g/mol. The summed E-state index contributed by atoms with van der Waals surface area (Å²) in [7, 11) is 0. The van der Waals surface area contributed by atoms with Crippen LogP contribution in [0.15, 0.2) is 96.1 Å². The number of aliphatic hydroxyl groups is 7. The van der Waals surface area contributed by atoms with E-state index in [4.69, 9.17) is 0 Å². The van der Waals surface area contributed by atoms with Crippen molar-refractivity contribution in [2.24, 2.45) is 11.8 Å². The quantitative estimate of drug-likeness (QED) is 0.0686. The maximum Gasteiger partial charge on any atom is 0.303 e. The van der Waals surface area contributed by atoms with Crippen molar-refractivity contribution in [3.05, 3.63) is 124 Å². The van der Waals surface area contributed by atoms with Crippen molar-refractivity contribution < 1.29 is 50.8 Å². The number of benzene rings is 3. The molecular formula is C65H90N2O10. The number of hydrogen-bond donors (Lipinski definition) is 11. The van der Waals surface area contributed by atoms with Crippen molar-refractivity contribution in [1.82, 2.24) is 10.6 Å². The molecule has 11 N–H and O–H groups in total. The lowest BCUT2D eigenvalue weighted by Crippen LogP contribution is -2.73. The third kappa shape index (κ3) is 12.8. The Labute approximate surface area is 458 Å². The van der Waals surface area contributed by atoms with Crippen LogP contribution < -0.4 is 10.6 Å². The second-order valence-electron chi connectivity index (χ2n) is 24.2. The maximum atomic E-state index is 14.6. The van der Waals surface area contributed by atoms with Crippen molar-refractivity contribution in [2.75, 3.05) is 6.61 Å². The van der Waals surface area contributed by atoms with E-state index >= 15 is 0 Å². The standard InChI is InChI=1S/C65H90N2O10/c1-4-5-17-56(71)57(72)32-23-47-22-21-46-15-8-7-14-45(46)16-13-38-65(62(3,77)64(36-9-6-10-37-64)49-26-28-50(69)29-27-49)41-44-19-24-48(25-20-44)63(34-11-12-35-63)61(76)52-30-18-43(2)66-60(54(52)40-59(74)75)58(73)33-31-55(67-65)53(47)39-51(70)42-68/h7-8,14-15,19-20,23-29,32,43,51-52,54-58,60-61,66-73,76-77H,4-6,9-12,17-18,21-22,30-31,33-42H2,1-3H3,(H,74,75)/b32-23+,53-47+/t43-,51+,52+,54-,55-,56+,57-,58-,60+,61-,62+,65+/m1/s1. The highest BCUT2D eigenvalue weighted by molar-refractivity contribution is 5.67. The SMILES string of the molecule is CCCC[C@H](O)[C@H](O)/C=C/C1=C(\C[C@H](O)CO)[C@H]2CC[C@@H](O)[C@H]3N[C@H](C)CC[C@@H]([C@H]3CC(=O)O)[C@@H](O)C3(CCCC3)c3ccc(cc3)C[C@]([C@@](C)(O)C3(c4ccc(O)cc4)CCCCC3)(CC#Cc3ccccc3CC1)N2. The van der Waals surface area contributed by atoms with Gasteiger partial charge in [-0.25, -0.2) is 0 Å². The van der Waals surface area contributed by atoms with E-state index in [0.29, 0.717) is 50.5 Å². The van der Waals surface area contributed by atoms with Crippen LogP contribution in [0.25, 0.3) is 0 Å². The van der Waals surface area contributed by atoms with E-state index in [1.807, 2.05) is 50.3 Å². The molecule has 12 nitrogen and oxygen atoms in total. The summed E-state index contributed by atoms with van der Waals surface area (Å²) in [5.74, 6) is 5.27. The molecule has 12 atom stereocenters. The van der Waals surface area contributed by atoms with Gasteiger partial charge in [0.15, 0.2) is 0 Å². The molecule has 4 heterocycles. The molecule has 77 heavy (non-hydrogen) atoms. The monoisotopic (exact) mass is 1060 g/mol. The van der Waals surface area contributed by atoms with Crippen molar-refractivity contribution in [3.8, 4) is 17.6 Å². The van der Waals surface area contributed by atoms with Crippen molar-refractivity contribution >= 4 is 5.97 Å². The Morgan fingerprint density at radius 1 is 0.870 bits per heavy atom. The van der Waals surface area contributed by atoms with Gasteiger partial charge in [-0.15, -0.1) is 0 Å². The maximum absolute atomic E-state index is 14.6. The largest absolute Gasteiger partial charge is 0.508 e. The number of nitrogens with one attached hydrogen (secondary N) is 2. The van der Waals surface area contributed by atoms with Gasteiger partial charge in [0.1, 0.15) is 5.75 Å². The molecular weight excluding hydrogens is 969 g/mol. The first-order valence-electron chi connectivity index (χ1n) is 29.3. The summed E-state index contributed by atoms with van der Waals surface area (Å²) >= 11 is 0. The number of allylic oxidation sites excluding steroid dienone is 2. The number of carboxylic acid groups (broad SMARTS) is 1. The summed E-state index contributed by atoms with van der Waals surface area (Å²) in [6.07, 6.45) is 10.0. The number of carbonyl (C=O) groups is 1. The lowest BCUT2D eigenvalue weighted by Gasteiger charge is -2.59. The number of phenols is 1. The Kier molecular flexibility index (Phi) is 19.7. The van der Waals surface area contributed by atoms with Gasteiger partial charge in [-0.05, 0) is 161 Å². The molecule has 420 valence electrons. The zero-order valence-electron chi connectivity index (χ0n) is 46.1. The molecule has 0 amide bonds. The van der Waals surface area contributed by atoms with E-state index in [9.17, 15) is 50.8 Å². The molecule has 0 unspecified atom stereocenters. The number of unbranched alkanes of at least 4 members (excludes halogenated alkanes) is 1. The normalized spacial score (nSPS) is 30.9. The van der Waals surface area contributed by atoms with Gasteiger partial charge in [0, 0.05) is 40.9 Å². The number of phenolic OH excluding ortho intramolecular Hbond substituents is 1. The third-order valence-electron chi connectivity index (χ3n) is 19.5. The lowest BCUT2D eigenvalue weighted by molar-refractivity contribution is -0.140. The van der Waals surface area contributed by atoms with E-state index in [-0.39, 0.29) is 50.3 Å². The lowest BCUT2D eigenvalue weighted by atomic mass is 9.52. The van der Waals surface area contributed by atoms with Crippen LogP contribution in [-0.2, 0) is 28.5 Å². The van der Waals surface area contributed by atoms with Crippen LogP contribution in [0, 0.1) is 23.7 Å². The summed E-state index contributed by atoms with van der Waals surface area (Å²) in [6, 6.07) is 22.2. The predicted molar refractivity (Wildman–Crippen MR) is 301 cm³/mol. The number of fused-ring (bicyclic) bond motifs is 5. The first-order chi connectivity index (χ1) is 37.0. The van der Waals surface area contributed by atoms with Gasteiger partial charge in [0.25, 0.3) is 0 Å². The highest BCUT2D eigenvalue weighted by Crippen LogP contribution is 2.55. The minimum Gasteiger partial charge on any atom is -0.508 e. The van der Waals surface area contributed by atoms with Gasteiger partial charge in [-0.3, -0.25) is 4.79 Å². The Morgan fingerprint density at radius 2 is 1.56 bits per heavy atom. The van der Waals surface area contributed by atoms with Gasteiger partial charge >= 0.3 is 5.97 Å². The molecule has 12 heteroatoms. The highest BCUT2D eigenvalue weighted by atomic mass is 16.4. The van der Waals surface area contributed by atoms with Crippen molar-refractivity contribution in [3.63, 3.8) is 0 Å². The van der Waals surface area contributed by atoms with Gasteiger partial charge in [-0.1, -0.05) is 130 Å². The average Bonchev–Trinajstić information content (AvgIpc) is 3.87. The third-order valence-corrected chi connectivity index (χ3v) is 19.5. The van der Waals surface area contributed by atoms with Crippen LogP contribution in [-0.4, -0.2) is 118 Å². The van der Waals surface area contributed by atoms with Crippen LogP contribution in [0.3, 0.4) is 0 Å². The molecule has 0 aromatic heterocycles. The smallest absolute Gasteiger partial charge is 0.303 e. The fourth-order valence-electron chi connectivity index (χ4n) is 15.0. The van der Waals surface area contributed by atoms with Crippen LogP contribution in [0.1, 0.15) is 177 Å². The summed E-state index contributed by atoms with van der Waals surface area (Å²) in [4.78, 5) is 13.1. The molecule has 4 aliphatic heterocycles. The molecule has 1 spiro atoms. The minimum atomic E-state index is -1.63. The first kappa shape index (κ1) is 58.8. The fourth-order valence-corrected chi connectivity index (χ4v) is 15.0. The van der Waals surface area contributed by atoms with Crippen LogP contribution in [0.4, 0.5) is 0 Å². The highest BCUT2D eigenvalue weighted by Gasteiger charge is 2.61. The zero-order chi connectivity index (χ0) is 55.0. The van der Waals surface area contributed by atoms with Crippen LogP contribution >= 0.6 is 0 Å². The van der Waals surface area contributed by atoms with Crippen LogP contribution in [0.2, 0.25) is 0 Å². The van der Waals surface area contributed by atoms with Gasteiger partial charge in [0.05, 0.1) is 54.7 Å². The molecule has 3 aromatic carbocycles. The van der Waals surface area contributed by atoms with Crippen molar-refractivity contribution in [1.29, 1.82) is 0 Å². The molecule has 6 bridgehead atoms. The number of aliphatic hydroxyl groups excluding tert-OH is 6. The summed E-state index contributed by atoms with van der Waals surface area (Å²) < 4.78 is 0. The Hall–Kier alpha value is -4.39. The molecule has 1 saturated heterocycles. The molecule has 0 radical (unpaired) electrons. The topological polar surface area (TPSA) is 223 Å². The zero-order valence-corrected chi connectivity index (χ0v) is 46.1. The Balaban J connectivity index is 1.44. The molecule has 2 aliphatic carbocycles. The Bertz CT molecular complexity index is 2540. The second kappa shape index (κ2) is 25.8. The van der Waals surface area contributed by atoms with Crippen molar-refractivity contribution in [2.45, 2.75) is 233 Å². The molecule has 2 saturated carbocycles. The van der Waals surface area contributed by atoms with E-state index < -0.39 is 89.0 Å². The molecule has 6 aliphatic rings. The summed E-state index contributed by atoms with van der Waals surface area (Å²) in [5.41, 5.74) is 1.62. The summed E-state index contributed by atoms with van der Waals surface area (Å²) in [6.45, 7) is 5.48. The number of aromatic hydroxyl groups is 1. The van der Waals surface area contributed by atoms with E-state index in [1.54, 1.807) is 18.2 Å². The Morgan fingerprint density at radius 3 is 2.25 bits per heavy atom. The van der Waals surface area contributed by atoms with Gasteiger partial charge < -0.3 is 56.6 Å². The second-order valence-corrected chi connectivity index (χ2v) is 24.2. The van der Waals surface area contributed by atoms with E-state index in [1.165, 1.54) is 0 Å². The number of hydrogen-bond acceptors (Lipinski definition) is 11. The van der Waals surface area contributed by atoms with E-state index in [0.717, 1.165) is 91.2 Å². The number of aryl methyl sites for hydroxylation is 1. The molecule has 3 aromatic rings. The summed E-state index contributed by atoms with van der Waals surface area (Å²) in [5, 5.41) is 115. The number of carboxylic acids is 1. The number of aliphatic carboxylic acids is 1. The minimum absolute atomic E-state index is 0.0154. The van der Waals surface area contributed by atoms with E-state index in [2.05, 4.69) is 59.7 Å². The first-order valence-corrected chi connectivity index (χ1v) is 29.3. The predicted octanol–water partition coefficient (Wildman–Crippen LogP) is 8.36. The molecule has 9 rings (SSSR count). The molecule has 3 fully saturated rings. The number of rotatable bonds is 14.